The molecule has 0 atom stereocenters. The molecule has 2 heteroatoms. The van der Waals surface area contributed by atoms with Crippen molar-refractivity contribution < 1.29 is 4.74 Å². The average molecular weight is 494 g/mol. The van der Waals surface area contributed by atoms with E-state index in [4.69, 9.17) is 4.74 Å². The van der Waals surface area contributed by atoms with Crippen LogP contribution in [-0.2, 0) is 13.0 Å². The zero-order valence-electron chi connectivity index (χ0n) is 23.7. The average Bonchev–Trinajstić information content (AvgIpc) is 2.91. The topological polar surface area (TPSA) is 21.3 Å². The number of benzene rings is 2. The number of rotatable bonds is 23. The van der Waals surface area contributed by atoms with E-state index in [9.17, 15) is 0 Å². The highest BCUT2D eigenvalue weighted by atomic mass is 16.5. The van der Waals surface area contributed by atoms with E-state index in [1.54, 1.807) is 0 Å². The molecule has 0 aliphatic heterocycles. The highest BCUT2D eigenvalue weighted by molar-refractivity contribution is 5.45. The van der Waals surface area contributed by atoms with Gasteiger partial charge in [0, 0.05) is 12.2 Å². The van der Waals surface area contributed by atoms with Crippen LogP contribution in [0.25, 0.3) is 0 Å². The summed E-state index contributed by atoms with van der Waals surface area (Å²) in [4.78, 5) is 0. The first-order valence-electron chi connectivity index (χ1n) is 15.4. The molecule has 0 heterocycles. The van der Waals surface area contributed by atoms with E-state index in [-0.39, 0.29) is 0 Å². The summed E-state index contributed by atoms with van der Waals surface area (Å²) in [7, 11) is 0. The minimum Gasteiger partial charge on any atom is -0.494 e. The fraction of sp³-hybridized carbons (Fsp3) is 0.647. The lowest BCUT2D eigenvalue weighted by Gasteiger charge is -2.10. The van der Waals surface area contributed by atoms with E-state index in [2.05, 4.69) is 67.7 Å². The van der Waals surface area contributed by atoms with Crippen LogP contribution in [0, 0.1) is 0 Å². The first-order valence-corrected chi connectivity index (χ1v) is 15.4. The summed E-state index contributed by atoms with van der Waals surface area (Å²) in [5.74, 6) is 0.975. The number of hydrogen-bond donors (Lipinski definition) is 1. The second-order valence-electron chi connectivity index (χ2n) is 10.6. The van der Waals surface area contributed by atoms with Crippen LogP contribution < -0.4 is 10.1 Å². The van der Waals surface area contributed by atoms with Gasteiger partial charge in [-0.15, -0.1) is 0 Å². The Morgan fingerprint density at radius 1 is 0.500 bits per heavy atom. The van der Waals surface area contributed by atoms with Gasteiger partial charge < -0.3 is 10.1 Å². The van der Waals surface area contributed by atoms with E-state index in [0.29, 0.717) is 0 Å². The lowest BCUT2D eigenvalue weighted by molar-refractivity contribution is 0.306. The fourth-order valence-electron chi connectivity index (χ4n) is 4.76. The Morgan fingerprint density at radius 3 is 1.53 bits per heavy atom. The highest BCUT2D eigenvalue weighted by Gasteiger charge is 1.99. The minimum atomic E-state index is 0.817. The maximum atomic E-state index is 5.81. The summed E-state index contributed by atoms with van der Waals surface area (Å²) in [5.41, 5.74) is 3.94. The Labute approximate surface area is 223 Å². The standard InChI is InChI=1S/C34H55NO/c1-3-5-7-8-9-10-11-12-13-14-15-16-17-18-20-31-21-25-33(26-22-31)35-30-32-23-27-34(28-24-32)36-29-19-6-4-2/h21-28,35H,3-20,29-30H2,1-2H3. The van der Waals surface area contributed by atoms with Gasteiger partial charge in [0.1, 0.15) is 5.75 Å². The summed E-state index contributed by atoms with van der Waals surface area (Å²) in [6.45, 7) is 6.17. The Balaban J connectivity index is 1.46. The molecule has 0 aliphatic carbocycles. The molecule has 36 heavy (non-hydrogen) atoms. The smallest absolute Gasteiger partial charge is 0.119 e. The van der Waals surface area contributed by atoms with Crippen molar-refractivity contribution in [2.75, 3.05) is 11.9 Å². The van der Waals surface area contributed by atoms with Crippen molar-refractivity contribution in [2.24, 2.45) is 0 Å². The molecular weight excluding hydrogens is 438 g/mol. The SMILES string of the molecule is CCCCCCCCCCCCCCCCc1ccc(NCc2ccc(OCCCCC)cc2)cc1. The van der Waals surface area contributed by atoms with Crippen molar-refractivity contribution in [1.29, 1.82) is 0 Å². The quantitative estimate of drug-likeness (QED) is 0.155. The van der Waals surface area contributed by atoms with Crippen molar-refractivity contribution >= 4 is 5.69 Å². The van der Waals surface area contributed by atoms with Crippen LogP contribution in [0.2, 0.25) is 0 Å². The van der Waals surface area contributed by atoms with Crippen LogP contribution in [0.5, 0.6) is 5.75 Å². The number of unbranched alkanes of at least 4 members (excludes halogenated alkanes) is 15. The Morgan fingerprint density at radius 2 is 0.972 bits per heavy atom. The highest BCUT2D eigenvalue weighted by Crippen LogP contribution is 2.17. The third-order valence-electron chi connectivity index (χ3n) is 7.21. The first-order chi connectivity index (χ1) is 17.8. The van der Waals surface area contributed by atoms with E-state index in [0.717, 1.165) is 25.3 Å². The normalized spacial score (nSPS) is 11.1. The minimum absolute atomic E-state index is 0.817. The molecule has 0 bridgehead atoms. The molecule has 0 spiro atoms. The van der Waals surface area contributed by atoms with Crippen LogP contribution in [0.15, 0.2) is 48.5 Å². The summed E-state index contributed by atoms with van der Waals surface area (Å²) < 4.78 is 5.81. The Hall–Kier alpha value is -1.96. The predicted octanol–water partition coefficient (Wildman–Crippen LogP) is 10.9. The van der Waals surface area contributed by atoms with Crippen molar-refractivity contribution in [3.63, 3.8) is 0 Å². The molecule has 2 aromatic carbocycles. The monoisotopic (exact) mass is 493 g/mol. The van der Waals surface area contributed by atoms with E-state index < -0.39 is 0 Å². The van der Waals surface area contributed by atoms with Gasteiger partial charge in [-0.25, -0.2) is 0 Å². The van der Waals surface area contributed by atoms with Gasteiger partial charge in [0.15, 0.2) is 0 Å². The van der Waals surface area contributed by atoms with Crippen LogP contribution in [0.3, 0.4) is 0 Å². The molecule has 202 valence electrons. The fourth-order valence-corrected chi connectivity index (χ4v) is 4.76. The van der Waals surface area contributed by atoms with E-state index in [1.807, 2.05) is 0 Å². The van der Waals surface area contributed by atoms with Crippen LogP contribution in [0.4, 0.5) is 5.69 Å². The maximum absolute atomic E-state index is 5.81. The van der Waals surface area contributed by atoms with Crippen molar-refractivity contribution in [3.8, 4) is 5.75 Å². The Kier molecular flexibility index (Phi) is 17.8. The number of nitrogens with one attached hydrogen (secondary N) is 1. The number of ether oxygens (including phenoxy) is 1. The molecule has 1 N–H and O–H groups in total. The third kappa shape index (κ3) is 15.2. The molecule has 0 radical (unpaired) electrons. The maximum Gasteiger partial charge on any atom is 0.119 e. The summed E-state index contributed by atoms with van der Waals surface area (Å²) in [6, 6.07) is 17.5. The molecule has 0 aromatic heterocycles. The number of aryl methyl sites for hydroxylation is 1. The molecule has 0 saturated carbocycles. The van der Waals surface area contributed by atoms with Gasteiger partial charge in [0.05, 0.1) is 6.61 Å². The lowest BCUT2D eigenvalue weighted by atomic mass is 10.0. The largest absolute Gasteiger partial charge is 0.494 e. The van der Waals surface area contributed by atoms with Crippen molar-refractivity contribution in [1.82, 2.24) is 0 Å². The molecule has 0 saturated heterocycles. The molecule has 0 amide bonds. The lowest BCUT2D eigenvalue weighted by Crippen LogP contribution is -2.00. The van der Waals surface area contributed by atoms with Gasteiger partial charge in [-0.05, 0) is 54.7 Å². The molecule has 0 fully saturated rings. The molecular formula is C34H55NO. The van der Waals surface area contributed by atoms with Gasteiger partial charge in [0.2, 0.25) is 0 Å². The van der Waals surface area contributed by atoms with E-state index >= 15 is 0 Å². The summed E-state index contributed by atoms with van der Waals surface area (Å²) in [5, 5.41) is 3.55. The van der Waals surface area contributed by atoms with Crippen LogP contribution in [-0.4, -0.2) is 6.61 Å². The molecule has 2 nitrogen and oxygen atoms in total. The molecule has 2 aromatic rings. The number of anilines is 1. The van der Waals surface area contributed by atoms with Crippen molar-refractivity contribution in [3.05, 3.63) is 59.7 Å². The molecule has 0 unspecified atom stereocenters. The first kappa shape index (κ1) is 30.3. The third-order valence-corrected chi connectivity index (χ3v) is 7.21. The number of hydrogen-bond acceptors (Lipinski definition) is 2. The summed E-state index contributed by atoms with van der Waals surface area (Å²) >= 11 is 0. The van der Waals surface area contributed by atoms with Crippen LogP contribution >= 0.6 is 0 Å². The van der Waals surface area contributed by atoms with Gasteiger partial charge in [-0.1, -0.05) is 134 Å². The Bertz CT molecular complexity index is 737. The van der Waals surface area contributed by atoms with Gasteiger partial charge >= 0.3 is 0 Å². The second kappa shape index (κ2) is 21.2. The zero-order valence-corrected chi connectivity index (χ0v) is 23.7. The van der Waals surface area contributed by atoms with E-state index in [1.165, 1.54) is 126 Å². The molecule has 0 aliphatic rings. The van der Waals surface area contributed by atoms with Gasteiger partial charge in [-0.2, -0.15) is 0 Å². The molecule has 2 rings (SSSR count). The summed E-state index contributed by atoms with van der Waals surface area (Å²) in [6.07, 6.45) is 24.7. The zero-order chi connectivity index (χ0) is 25.5. The van der Waals surface area contributed by atoms with Gasteiger partial charge in [-0.3, -0.25) is 0 Å². The van der Waals surface area contributed by atoms with Crippen LogP contribution in [0.1, 0.15) is 134 Å². The second-order valence-corrected chi connectivity index (χ2v) is 10.6. The van der Waals surface area contributed by atoms with Crippen molar-refractivity contribution in [2.45, 2.75) is 136 Å². The predicted molar refractivity (Wildman–Crippen MR) is 159 cm³/mol. The van der Waals surface area contributed by atoms with Gasteiger partial charge in [0.25, 0.3) is 0 Å².